The highest BCUT2D eigenvalue weighted by molar-refractivity contribution is 7.15. The number of amides is 4. The normalized spacial score (nSPS) is 20.4. The average molecular weight is 434 g/mol. The third-order valence-electron chi connectivity index (χ3n) is 6.08. The second kappa shape index (κ2) is 8.37. The lowest BCUT2D eigenvalue weighted by Crippen LogP contribution is -2.48. The van der Waals surface area contributed by atoms with Crippen LogP contribution >= 0.6 is 11.3 Å². The van der Waals surface area contributed by atoms with Gasteiger partial charge in [-0.15, -0.1) is 11.3 Å². The van der Waals surface area contributed by atoms with Crippen LogP contribution in [-0.2, 0) is 14.3 Å². The number of carbonyl (C=O) groups is 4. The molecule has 1 aliphatic heterocycles. The molecular weight excluding hydrogens is 406 g/mol. The van der Waals surface area contributed by atoms with E-state index in [4.69, 9.17) is 4.74 Å². The van der Waals surface area contributed by atoms with Crippen LogP contribution in [0.4, 0.5) is 9.80 Å². The Morgan fingerprint density at radius 2 is 2.00 bits per heavy atom. The molecule has 0 radical (unpaired) electrons. The lowest BCUT2D eigenvalue weighted by Gasteiger charge is -2.30. The number of nitrogens with zero attached hydrogens (tertiary/aromatic N) is 1. The molecule has 8 nitrogen and oxygen atoms in total. The minimum absolute atomic E-state index is 0.0197. The molecule has 4 amide bonds. The first kappa shape index (κ1) is 20.8. The quantitative estimate of drug-likeness (QED) is 0.507. The van der Waals surface area contributed by atoms with Crippen LogP contribution in [0.2, 0.25) is 0 Å². The van der Waals surface area contributed by atoms with Crippen LogP contribution in [0.25, 0.3) is 0 Å². The number of imide groups is 1. The number of nitrogens with one attached hydrogen (secondary N) is 2. The topological polar surface area (TPSA) is 105 Å². The van der Waals surface area contributed by atoms with Crippen LogP contribution < -0.4 is 10.6 Å². The molecule has 3 aliphatic rings. The summed E-state index contributed by atoms with van der Waals surface area (Å²) < 4.78 is 5.17. The number of rotatable bonds is 7. The Morgan fingerprint density at radius 1 is 1.27 bits per heavy atom. The number of ether oxygens (including phenoxy) is 1. The largest absolute Gasteiger partial charge is 0.462 e. The summed E-state index contributed by atoms with van der Waals surface area (Å²) in [5.41, 5.74) is 0.589. The summed E-state index contributed by atoms with van der Waals surface area (Å²) in [6.07, 6.45) is 6.25. The molecule has 1 spiro atoms. The van der Waals surface area contributed by atoms with Crippen molar-refractivity contribution in [3.63, 3.8) is 0 Å². The molecule has 2 N–H and O–H groups in total. The van der Waals surface area contributed by atoms with Crippen molar-refractivity contribution in [3.05, 3.63) is 16.5 Å². The molecule has 2 saturated carbocycles. The molecule has 0 atom stereocenters. The maximum absolute atomic E-state index is 12.8. The summed E-state index contributed by atoms with van der Waals surface area (Å²) in [5.74, 6) is -0.637. The minimum Gasteiger partial charge on any atom is -0.462 e. The monoisotopic (exact) mass is 433 g/mol. The fourth-order valence-corrected chi connectivity index (χ4v) is 5.39. The molecule has 30 heavy (non-hydrogen) atoms. The highest BCUT2D eigenvalue weighted by Crippen LogP contribution is 2.46. The highest BCUT2D eigenvalue weighted by atomic mass is 32.1. The second-order valence-corrected chi connectivity index (χ2v) is 9.10. The number of urea groups is 1. The first-order chi connectivity index (χ1) is 14.4. The van der Waals surface area contributed by atoms with Gasteiger partial charge in [0, 0.05) is 13.0 Å². The summed E-state index contributed by atoms with van der Waals surface area (Å²) in [7, 11) is 0. The van der Waals surface area contributed by atoms with E-state index in [1.807, 2.05) is 5.38 Å². The maximum Gasteiger partial charge on any atom is 0.341 e. The number of hydrogen-bond donors (Lipinski definition) is 2. The molecule has 1 saturated heterocycles. The van der Waals surface area contributed by atoms with E-state index in [9.17, 15) is 19.2 Å². The fraction of sp³-hybridized carbons (Fsp3) is 0.619. The van der Waals surface area contributed by atoms with Crippen molar-refractivity contribution in [1.82, 2.24) is 10.2 Å². The third kappa shape index (κ3) is 3.95. The molecular formula is C21H27N3O5S. The van der Waals surface area contributed by atoms with E-state index < -0.39 is 17.5 Å². The predicted molar refractivity (Wildman–Crippen MR) is 112 cm³/mol. The molecule has 2 aliphatic carbocycles. The van der Waals surface area contributed by atoms with Crippen molar-refractivity contribution >= 4 is 40.2 Å². The lowest BCUT2D eigenvalue weighted by atomic mass is 9.82. The Morgan fingerprint density at radius 3 is 2.67 bits per heavy atom. The van der Waals surface area contributed by atoms with Gasteiger partial charge in [0.2, 0.25) is 5.91 Å². The Labute approximate surface area is 179 Å². The zero-order valence-electron chi connectivity index (χ0n) is 17.1. The SMILES string of the molecule is CCOC(=O)c1c(C2CC2)csc1NC(=O)CCN1C(=O)NC2(CCCCC2)C1=O. The van der Waals surface area contributed by atoms with Crippen LogP contribution in [0.15, 0.2) is 5.38 Å². The Balaban J connectivity index is 1.39. The Kier molecular flexibility index (Phi) is 5.81. The Hall–Kier alpha value is -2.42. The van der Waals surface area contributed by atoms with Crippen molar-refractivity contribution in [2.45, 2.75) is 69.7 Å². The summed E-state index contributed by atoms with van der Waals surface area (Å²) in [5, 5.41) is 8.02. The van der Waals surface area contributed by atoms with Gasteiger partial charge in [-0.3, -0.25) is 14.5 Å². The molecule has 2 heterocycles. The van der Waals surface area contributed by atoms with Gasteiger partial charge in [-0.1, -0.05) is 19.3 Å². The molecule has 0 unspecified atom stereocenters. The molecule has 3 fully saturated rings. The van der Waals surface area contributed by atoms with Crippen LogP contribution in [-0.4, -0.2) is 47.4 Å². The molecule has 0 aromatic carbocycles. The van der Waals surface area contributed by atoms with E-state index in [0.29, 0.717) is 29.3 Å². The van der Waals surface area contributed by atoms with E-state index >= 15 is 0 Å². The standard InChI is InChI=1S/C21H27N3O5S/c1-2-29-18(26)16-14(13-6-7-13)12-30-17(16)22-15(25)8-11-24-19(27)21(23-20(24)28)9-4-3-5-10-21/h12-13H,2-11H2,1H3,(H,22,25)(H,23,28). The molecule has 1 aromatic rings. The molecule has 1 aromatic heterocycles. The second-order valence-electron chi connectivity index (χ2n) is 8.22. The van der Waals surface area contributed by atoms with Gasteiger partial charge in [0.05, 0.1) is 12.2 Å². The summed E-state index contributed by atoms with van der Waals surface area (Å²) in [6, 6.07) is -0.422. The first-order valence-corrected chi connectivity index (χ1v) is 11.6. The van der Waals surface area contributed by atoms with E-state index in [1.165, 1.54) is 11.3 Å². The van der Waals surface area contributed by atoms with Crippen LogP contribution in [0.1, 0.15) is 80.1 Å². The molecule has 0 bridgehead atoms. The number of esters is 1. The first-order valence-electron chi connectivity index (χ1n) is 10.7. The highest BCUT2D eigenvalue weighted by Gasteiger charge is 2.51. The summed E-state index contributed by atoms with van der Waals surface area (Å²) >= 11 is 1.31. The van der Waals surface area contributed by atoms with Crippen molar-refractivity contribution < 1.29 is 23.9 Å². The Bertz CT molecular complexity index is 870. The van der Waals surface area contributed by atoms with Crippen molar-refractivity contribution in [1.29, 1.82) is 0 Å². The van der Waals surface area contributed by atoms with Gasteiger partial charge in [-0.25, -0.2) is 9.59 Å². The van der Waals surface area contributed by atoms with Crippen molar-refractivity contribution in [3.8, 4) is 0 Å². The van der Waals surface area contributed by atoms with Crippen molar-refractivity contribution in [2.75, 3.05) is 18.5 Å². The van der Waals surface area contributed by atoms with E-state index in [1.54, 1.807) is 6.92 Å². The van der Waals surface area contributed by atoms with Gasteiger partial charge < -0.3 is 15.4 Å². The maximum atomic E-state index is 12.8. The number of thiophene rings is 1. The zero-order valence-corrected chi connectivity index (χ0v) is 17.9. The van der Waals surface area contributed by atoms with Crippen LogP contribution in [0, 0.1) is 0 Å². The van der Waals surface area contributed by atoms with Gasteiger partial charge in [-0.2, -0.15) is 0 Å². The smallest absolute Gasteiger partial charge is 0.341 e. The molecule has 9 heteroatoms. The predicted octanol–water partition coefficient (Wildman–Crippen LogP) is 3.39. The van der Waals surface area contributed by atoms with E-state index in [-0.39, 0.29) is 31.4 Å². The van der Waals surface area contributed by atoms with Crippen LogP contribution in [0.3, 0.4) is 0 Å². The summed E-state index contributed by atoms with van der Waals surface area (Å²) in [4.78, 5) is 51.3. The zero-order chi connectivity index (χ0) is 21.3. The number of hydrogen-bond acceptors (Lipinski definition) is 6. The van der Waals surface area contributed by atoms with Crippen molar-refractivity contribution in [2.24, 2.45) is 0 Å². The molecule has 162 valence electrons. The fourth-order valence-electron chi connectivity index (χ4n) is 4.35. The average Bonchev–Trinajstić information content (AvgIpc) is 3.44. The van der Waals surface area contributed by atoms with Gasteiger partial charge in [0.1, 0.15) is 10.5 Å². The number of anilines is 1. The van der Waals surface area contributed by atoms with Crippen LogP contribution in [0.5, 0.6) is 0 Å². The lowest BCUT2D eigenvalue weighted by molar-refractivity contribution is -0.132. The van der Waals surface area contributed by atoms with E-state index in [2.05, 4.69) is 10.6 Å². The minimum atomic E-state index is -0.782. The van der Waals surface area contributed by atoms with Gasteiger partial charge >= 0.3 is 12.0 Å². The molecule has 4 rings (SSSR count). The van der Waals surface area contributed by atoms with Gasteiger partial charge in [-0.05, 0) is 49.5 Å². The number of carbonyl (C=O) groups excluding carboxylic acids is 4. The van der Waals surface area contributed by atoms with E-state index in [0.717, 1.165) is 42.6 Å². The third-order valence-corrected chi connectivity index (χ3v) is 7.00. The summed E-state index contributed by atoms with van der Waals surface area (Å²) in [6.45, 7) is 2.03. The van der Waals surface area contributed by atoms with Gasteiger partial charge in [0.15, 0.2) is 0 Å². The van der Waals surface area contributed by atoms with Gasteiger partial charge in [0.25, 0.3) is 5.91 Å².